The number of carbonyl (C=O) groups is 2. The number of amides is 2. The molecule has 1 atom stereocenters. The quantitative estimate of drug-likeness (QED) is 0.831. The molecule has 7 nitrogen and oxygen atoms in total. The maximum Gasteiger partial charge on any atom is 0.336 e. The lowest BCUT2D eigenvalue weighted by Crippen LogP contribution is -2.51. The van der Waals surface area contributed by atoms with Crippen molar-refractivity contribution in [3.05, 3.63) is 29.3 Å². The summed E-state index contributed by atoms with van der Waals surface area (Å²) < 4.78 is 10.0. The zero-order chi connectivity index (χ0) is 17.8. The lowest BCUT2D eigenvalue weighted by molar-refractivity contribution is -0.158. The molecular weight excluding hydrogens is 322 g/mol. The van der Waals surface area contributed by atoms with E-state index in [4.69, 9.17) is 4.74 Å². The molecule has 1 N–H and O–H groups in total. The Hall–Kier alpha value is -2.28. The number of hydrogen-bond donors (Lipinski definition) is 1. The van der Waals surface area contributed by atoms with E-state index in [1.165, 1.54) is 18.4 Å². The number of benzene rings is 1. The number of nitrogens with one attached hydrogen (secondary N) is 1. The standard InChI is InChI=1S/C18H25N3O4/c1-20-7-3-4-14-10-13(5-6-15(14)20)11-19-18(23)21-8-9-25-16(12-21)17(22)24-2/h5-6,10,16H,3-4,7-9,11-12H2,1-2H3,(H,19,23). The molecule has 1 aromatic rings. The summed E-state index contributed by atoms with van der Waals surface area (Å²) in [6, 6.07) is 6.16. The Balaban J connectivity index is 1.56. The fourth-order valence-corrected chi connectivity index (χ4v) is 3.35. The Morgan fingerprint density at radius 3 is 3.00 bits per heavy atom. The number of fused-ring (bicyclic) bond motifs is 1. The van der Waals surface area contributed by atoms with Crippen LogP contribution in [0.25, 0.3) is 0 Å². The molecule has 0 spiro atoms. The van der Waals surface area contributed by atoms with Crippen molar-refractivity contribution in [2.75, 3.05) is 45.3 Å². The molecule has 2 heterocycles. The third-order valence-corrected chi connectivity index (χ3v) is 4.76. The topological polar surface area (TPSA) is 71.1 Å². The average Bonchev–Trinajstić information content (AvgIpc) is 2.65. The van der Waals surface area contributed by atoms with Gasteiger partial charge < -0.3 is 24.6 Å². The second kappa shape index (κ2) is 7.74. The van der Waals surface area contributed by atoms with Crippen molar-refractivity contribution in [3.8, 4) is 0 Å². The van der Waals surface area contributed by atoms with Crippen LogP contribution >= 0.6 is 0 Å². The lowest BCUT2D eigenvalue weighted by Gasteiger charge is -2.31. The number of hydrogen-bond acceptors (Lipinski definition) is 5. The fourth-order valence-electron chi connectivity index (χ4n) is 3.35. The summed E-state index contributed by atoms with van der Waals surface area (Å²) in [7, 11) is 3.42. The summed E-state index contributed by atoms with van der Waals surface area (Å²) in [6.07, 6.45) is 1.53. The van der Waals surface area contributed by atoms with Crippen LogP contribution in [0.3, 0.4) is 0 Å². The Kier molecular flexibility index (Phi) is 5.43. The van der Waals surface area contributed by atoms with Gasteiger partial charge in [-0.2, -0.15) is 0 Å². The molecule has 1 saturated heterocycles. The Bertz CT molecular complexity index is 649. The van der Waals surface area contributed by atoms with E-state index in [0.29, 0.717) is 19.7 Å². The third-order valence-electron chi connectivity index (χ3n) is 4.76. The van der Waals surface area contributed by atoms with Crippen LogP contribution in [-0.4, -0.2) is 63.4 Å². The number of urea groups is 1. The molecule has 1 fully saturated rings. The fraction of sp³-hybridized carbons (Fsp3) is 0.556. The Labute approximate surface area is 147 Å². The molecule has 2 aliphatic rings. The molecule has 0 radical (unpaired) electrons. The van der Waals surface area contributed by atoms with Crippen molar-refractivity contribution in [1.82, 2.24) is 10.2 Å². The van der Waals surface area contributed by atoms with Gasteiger partial charge in [0.1, 0.15) is 0 Å². The van der Waals surface area contributed by atoms with E-state index < -0.39 is 12.1 Å². The number of ether oxygens (including phenoxy) is 2. The summed E-state index contributed by atoms with van der Waals surface area (Å²) in [5.74, 6) is -0.448. The van der Waals surface area contributed by atoms with E-state index in [2.05, 4.69) is 40.2 Å². The summed E-state index contributed by atoms with van der Waals surface area (Å²) in [4.78, 5) is 27.8. The number of anilines is 1. The van der Waals surface area contributed by atoms with E-state index in [-0.39, 0.29) is 12.6 Å². The highest BCUT2D eigenvalue weighted by atomic mass is 16.6. The molecule has 136 valence electrons. The van der Waals surface area contributed by atoms with Crippen molar-refractivity contribution in [1.29, 1.82) is 0 Å². The SMILES string of the molecule is COC(=O)C1CN(C(=O)NCc2ccc3c(c2)CCCN3C)CCO1. The number of aryl methyl sites for hydroxylation is 1. The summed E-state index contributed by atoms with van der Waals surface area (Å²) in [5.41, 5.74) is 3.69. The summed E-state index contributed by atoms with van der Waals surface area (Å²) >= 11 is 0. The second-order valence-electron chi connectivity index (χ2n) is 6.48. The smallest absolute Gasteiger partial charge is 0.336 e. The molecule has 7 heteroatoms. The van der Waals surface area contributed by atoms with Gasteiger partial charge in [0.15, 0.2) is 6.10 Å². The summed E-state index contributed by atoms with van der Waals surface area (Å²) in [6.45, 7) is 2.57. The molecular formula is C18H25N3O4. The van der Waals surface area contributed by atoms with Gasteiger partial charge in [0.05, 0.1) is 20.3 Å². The molecule has 25 heavy (non-hydrogen) atoms. The first kappa shape index (κ1) is 17.5. The number of morpholine rings is 1. The molecule has 0 aromatic heterocycles. The normalized spacial score (nSPS) is 20.0. The molecule has 0 saturated carbocycles. The van der Waals surface area contributed by atoms with Gasteiger partial charge in [0.25, 0.3) is 0 Å². The van der Waals surface area contributed by atoms with Crippen molar-refractivity contribution in [2.24, 2.45) is 0 Å². The predicted octanol–water partition coefficient (Wildman–Crippen LogP) is 1.15. The third kappa shape index (κ3) is 4.04. The minimum Gasteiger partial charge on any atom is -0.467 e. The maximum absolute atomic E-state index is 12.4. The van der Waals surface area contributed by atoms with Gasteiger partial charge in [0, 0.05) is 32.4 Å². The minimum absolute atomic E-state index is 0.188. The zero-order valence-corrected chi connectivity index (χ0v) is 14.8. The number of esters is 1. The zero-order valence-electron chi connectivity index (χ0n) is 14.8. The highest BCUT2D eigenvalue weighted by Crippen LogP contribution is 2.26. The van der Waals surface area contributed by atoms with Crippen LogP contribution in [0.2, 0.25) is 0 Å². The monoisotopic (exact) mass is 347 g/mol. The van der Waals surface area contributed by atoms with E-state index >= 15 is 0 Å². The second-order valence-corrected chi connectivity index (χ2v) is 6.48. The van der Waals surface area contributed by atoms with E-state index in [9.17, 15) is 9.59 Å². The molecule has 0 bridgehead atoms. The minimum atomic E-state index is -0.705. The first-order valence-electron chi connectivity index (χ1n) is 8.63. The van der Waals surface area contributed by atoms with Gasteiger partial charge >= 0.3 is 12.0 Å². The van der Waals surface area contributed by atoms with Gasteiger partial charge in [0.2, 0.25) is 0 Å². The van der Waals surface area contributed by atoms with E-state index in [1.807, 2.05) is 0 Å². The molecule has 1 aromatic carbocycles. The van der Waals surface area contributed by atoms with Crippen molar-refractivity contribution in [3.63, 3.8) is 0 Å². The van der Waals surface area contributed by atoms with E-state index in [0.717, 1.165) is 24.9 Å². The first-order valence-corrected chi connectivity index (χ1v) is 8.63. The van der Waals surface area contributed by atoms with Gasteiger partial charge in [-0.15, -0.1) is 0 Å². The van der Waals surface area contributed by atoms with Crippen LogP contribution < -0.4 is 10.2 Å². The van der Waals surface area contributed by atoms with Crippen LogP contribution in [0.4, 0.5) is 10.5 Å². The van der Waals surface area contributed by atoms with Gasteiger partial charge in [-0.3, -0.25) is 0 Å². The summed E-state index contributed by atoms with van der Waals surface area (Å²) in [5, 5.41) is 2.93. The van der Waals surface area contributed by atoms with Gasteiger partial charge in [-0.25, -0.2) is 9.59 Å². The van der Waals surface area contributed by atoms with Gasteiger partial charge in [-0.1, -0.05) is 12.1 Å². The van der Waals surface area contributed by atoms with Crippen molar-refractivity contribution in [2.45, 2.75) is 25.5 Å². The average molecular weight is 347 g/mol. The van der Waals surface area contributed by atoms with Crippen molar-refractivity contribution >= 4 is 17.7 Å². The molecule has 2 amide bonds. The van der Waals surface area contributed by atoms with Gasteiger partial charge in [-0.05, 0) is 30.0 Å². The predicted molar refractivity (Wildman–Crippen MR) is 93.6 cm³/mol. The number of nitrogens with zero attached hydrogens (tertiary/aromatic N) is 2. The Morgan fingerprint density at radius 2 is 2.20 bits per heavy atom. The highest BCUT2D eigenvalue weighted by molar-refractivity contribution is 5.78. The van der Waals surface area contributed by atoms with Crippen LogP contribution in [0, 0.1) is 0 Å². The van der Waals surface area contributed by atoms with Crippen LogP contribution in [0.5, 0.6) is 0 Å². The number of carbonyl (C=O) groups excluding carboxylic acids is 2. The maximum atomic E-state index is 12.4. The van der Waals surface area contributed by atoms with Crippen molar-refractivity contribution < 1.29 is 19.1 Å². The largest absolute Gasteiger partial charge is 0.467 e. The molecule has 1 unspecified atom stereocenters. The highest BCUT2D eigenvalue weighted by Gasteiger charge is 2.29. The number of rotatable bonds is 3. The molecule has 3 rings (SSSR count). The number of methoxy groups -OCH3 is 1. The van der Waals surface area contributed by atoms with E-state index in [1.54, 1.807) is 4.90 Å². The first-order chi connectivity index (χ1) is 12.1. The van der Waals surface area contributed by atoms with Crippen LogP contribution in [0.15, 0.2) is 18.2 Å². The van der Waals surface area contributed by atoms with Crippen LogP contribution in [0.1, 0.15) is 17.5 Å². The van der Waals surface area contributed by atoms with Crippen LogP contribution in [-0.2, 0) is 27.2 Å². The Morgan fingerprint density at radius 1 is 1.36 bits per heavy atom. The lowest BCUT2D eigenvalue weighted by atomic mass is 9.99. The molecule has 0 aliphatic carbocycles. The molecule has 2 aliphatic heterocycles.